The first-order valence-corrected chi connectivity index (χ1v) is 9.26. The molecule has 7 heteroatoms. The van der Waals surface area contributed by atoms with Crippen LogP contribution in [0.1, 0.15) is 12.0 Å². The first-order chi connectivity index (χ1) is 13.5. The van der Waals surface area contributed by atoms with Crippen LogP contribution in [0.25, 0.3) is 11.1 Å². The highest BCUT2D eigenvalue weighted by molar-refractivity contribution is 5.79. The Kier molecular flexibility index (Phi) is 4.73. The van der Waals surface area contributed by atoms with Gasteiger partial charge in [0.1, 0.15) is 0 Å². The summed E-state index contributed by atoms with van der Waals surface area (Å²) in [5.74, 6) is -1.19. The number of anilines is 1. The van der Waals surface area contributed by atoms with Crippen molar-refractivity contribution in [2.75, 3.05) is 18.0 Å². The molecule has 0 radical (unpaired) electrons. The van der Waals surface area contributed by atoms with E-state index >= 15 is 0 Å². The molecular formula is C21H22N4O3. The van der Waals surface area contributed by atoms with Gasteiger partial charge >= 0.3 is 5.97 Å². The lowest BCUT2D eigenvalue weighted by Crippen LogP contribution is -2.26. The lowest BCUT2D eigenvalue weighted by molar-refractivity contribution is -0.140. The average molecular weight is 378 g/mol. The maximum atomic E-state index is 12.2. The average Bonchev–Trinajstić information content (AvgIpc) is 3.34. The van der Waals surface area contributed by atoms with Crippen LogP contribution < -0.4 is 10.5 Å². The van der Waals surface area contributed by atoms with E-state index in [-0.39, 0.29) is 5.56 Å². The molecule has 0 saturated carbocycles. The summed E-state index contributed by atoms with van der Waals surface area (Å²) in [6.07, 6.45) is 6.13. The van der Waals surface area contributed by atoms with Crippen LogP contribution in [-0.2, 0) is 18.4 Å². The van der Waals surface area contributed by atoms with Crippen LogP contribution in [0.2, 0.25) is 0 Å². The Morgan fingerprint density at radius 1 is 1.25 bits per heavy atom. The molecule has 1 aliphatic heterocycles. The topological polar surface area (TPSA) is 80.4 Å². The van der Waals surface area contributed by atoms with Gasteiger partial charge in [0.15, 0.2) is 0 Å². The third kappa shape index (κ3) is 3.55. The van der Waals surface area contributed by atoms with Crippen LogP contribution in [0.3, 0.4) is 0 Å². The molecule has 28 heavy (non-hydrogen) atoms. The number of carbonyl (C=O) groups is 1. The van der Waals surface area contributed by atoms with E-state index in [0.717, 1.165) is 22.4 Å². The molecule has 0 unspecified atom stereocenters. The lowest BCUT2D eigenvalue weighted by Gasteiger charge is -2.21. The molecule has 1 atom stereocenters. The number of hydrogen-bond acceptors (Lipinski definition) is 4. The van der Waals surface area contributed by atoms with Crippen molar-refractivity contribution in [2.45, 2.75) is 13.0 Å². The number of carboxylic acid groups (broad SMARTS) is 1. The largest absolute Gasteiger partial charge is 0.481 e. The summed E-state index contributed by atoms with van der Waals surface area (Å²) in [6, 6.07) is 11.7. The Hall–Kier alpha value is -3.35. The lowest BCUT2D eigenvalue weighted by atomic mass is 10.1. The maximum Gasteiger partial charge on any atom is 0.308 e. The third-order valence-corrected chi connectivity index (χ3v) is 5.22. The minimum Gasteiger partial charge on any atom is -0.481 e. The Bertz CT molecular complexity index is 1060. The van der Waals surface area contributed by atoms with Gasteiger partial charge in [0.25, 0.3) is 5.56 Å². The molecule has 1 N–H and O–H groups in total. The Morgan fingerprint density at radius 2 is 2.04 bits per heavy atom. The SMILES string of the molecule is Cn1cc(-c2cnn(Cc3ccccc3)c2)c(N2CC[C@@H](C(=O)O)C2)cc1=O. The van der Waals surface area contributed by atoms with Crippen molar-refractivity contribution >= 4 is 11.7 Å². The molecule has 1 fully saturated rings. The van der Waals surface area contributed by atoms with E-state index in [9.17, 15) is 14.7 Å². The van der Waals surface area contributed by atoms with Crippen LogP contribution in [-0.4, -0.2) is 38.5 Å². The molecule has 1 aromatic carbocycles. The molecular weight excluding hydrogens is 356 g/mol. The predicted molar refractivity (Wildman–Crippen MR) is 106 cm³/mol. The van der Waals surface area contributed by atoms with E-state index in [4.69, 9.17) is 0 Å². The number of pyridine rings is 1. The predicted octanol–water partition coefficient (Wildman–Crippen LogP) is 2.21. The summed E-state index contributed by atoms with van der Waals surface area (Å²) in [5, 5.41) is 13.8. The van der Waals surface area contributed by atoms with Crippen LogP contribution in [0.5, 0.6) is 0 Å². The van der Waals surface area contributed by atoms with Gasteiger partial charge in [-0.15, -0.1) is 0 Å². The minimum absolute atomic E-state index is 0.116. The van der Waals surface area contributed by atoms with Crippen molar-refractivity contribution in [3.05, 3.63) is 70.9 Å². The van der Waals surface area contributed by atoms with E-state index < -0.39 is 11.9 Å². The molecule has 7 nitrogen and oxygen atoms in total. The summed E-state index contributed by atoms with van der Waals surface area (Å²) < 4.78 is 3.40. The van der Waals surface area contributed by atoms with E-state index in [1.807, 2.05) is 34.0 Å². The molecule has 3 heterocycles. The standard InChI is InChI=1S/C21H22N4O3/c1-23-14-18(17-10-22-25(13-17)11-15-5-3-2-4-6-15)19(9-20(23)26)24-8-7-16(12-24)21(27)28/h2-6,9-10,13-14,16H,7-8,11-12H2,1H3,(H,27,28)/t16-/m1/s1. The minimum atomic E-state index is -0.788. The number of benzene rings is 1. The van der Waals surface area contributed by atoms with Gasteiger partial charge in [-0.3, -0.25) is 14.3 Å². The van der Waals surface area contributed by atoms with Crippen LogP contribution >= 0.6 is 0 Å². The Balaban J connectivity index is 1.67. The number of aliphatic carboxylic acids is 1. The first-order valence-electron chi connectivity index (χ1n) is 9.26. The van der Waals surface area contributed by atoms with E-state index in [1.165, 1.54) is 4.57 Å². The second-order valence-corrected chi connectivity index (χ2v) is 7.20. The Labute approximate surface area is 162 Å². The normalized spacial score (nSPS) is 16.5. The monoisotopic (exact) mass is 378 g/mol. The molecule has 144 valence electrons. The van der Waals surface area contributed by atoms with Gasteiger partial charge in [-0.2, -0.15) is 5.10 Å². The molecule has 1 aliphatic rings. The van der Waals surface area contributed by atoms with Gasteiger partial charge in [-0.05, 0) is 12.0 Å². The van der Waals surface area contributed by atoms with Crippen LogP contribution in [0, 0.1) is 5.92 Å². The number of carboxylic acids is 1. The van der Waals surface area contributed by atoms with Gasteiger partial charge in [0, 0.05) is 49.7 Å². The van der Waals surface area contributed by atoms with Gasteiger partial charge < -0.3 is 14.6 Å². The highest BCUT2D eigenvalue weighted by Crippen LogP contribution is 2.32. The quantitative estimate of drug-likeness (QED) is 0.736. The fourth-order valence-electron chi connectivity index (χ4n) is 3.64. The third-order valence-electron chi connectivity index (χ3n) is 5.22. The smallest absolute Gasteiger partial charge is 0.308 e. The number of aryl methyl sites for hydroxylation is 1. The van der Waals surface area contributed by atoms with Gasteiger partial charge in [-0.1, -0.05) is 30.3 Å². The summed E-state index contributed by atoms with van der Waals surface area (Å²) in [6.45, 7) is 1.69. The van der Waals surface area contributed by atoms with Crippen molar-refractivity contribution < 1.29 is 9.90 Å². The van der Waals surface area contributed by atoms with E-state index in [1.54, 1.807) is 25.5 Å². The fraction of sp³-hybridized carbons (Fsp3) is 0.286. The van der Waals surface area contributed by atoms with Crippen molar-refractivity contribution in [1.82, 2.24) is 14.3 Å². The van der Waals surface area contributed by atoms with Gasteiger partial charge in [0.05, 0.1) is 24.3 Å². The van der Waals surface area contributed by atoms with Crippen molar-refractivity contribution in [2.24, 2.45) is 13.0 Å². The van der Waals surface area contributed by atoms with Crippen molar-refractivity contribution in [3.8, 4) is 11.1 Å². The zero-order valence-corrected chi connectivity index (χ0v) is 15.7. The number of aromatic nitrogens is 3. The summed E-state index contributed by atoms with van der Waals surface area (Å²) in [5.41, 5.74) is 3.59. The fourth-order valence-corrected chi connectivity index (χ4v) is 3.64. The molecule has 1 saturated heterocycles. The summed E-state index contributed by atoms with van der Waals surface area (Å²) in [7, 11) is 1.72. The number of hydrogen-bond donors (Lipinski definition) is 1. The van der Waals surface area contributed by atoms with Gasteiger partial charge in [0.2, 0.25) is 0 Å². The van der Waals surface area contributed by atoms with E-state index in [0.29, 0.717) is 26.1 Å². The highest BCUT2D eigenvalue weighted by Gasteiger charge is 2.30. The molecule has 0 spiro atoms. The number of nitrogens with zero attached hydrogens (tertiary/aromatic N) is 4. The zero-order chi connectivity index (χ0) is 19.7. The zero-order valence-electron chi connectivity index (χ0n) is 15.7. The molecule has 4 rings (SSSR count). The maximum absolute atomic E-state index is 12.2. The second kappa shape index (κ2) is 7.34. The Morgan fingerprint density at radius 3 is 2.75 bits per heavy atom. The van der Waals surface area contributed by atoms with Crippen molar-refractivity contribution in [3.63, 3.8) is 0 Å². The molecule has 3 aromatic rings. The summed E-state index contributed by atoms with van der Waals surface area (Å²) >= 11 is 0. The number of rotatable bonds is 5. The second-order valence-electron chi connectivity index (χ2n) is 7.20. The molecule has 0 aliphatic carbocycles. The van der Waals surface area contributed by atoms with E-state index in [2.05, 4.69) is 17.2 Å². The van der Waals surface area contributed by atoms with Crippen LogP contribution in [0.15, 0.2) is 59.8 Å². The molecule has 0 bridgehead atoms. The van der Waals surface area contributed by atoms with Gasteiger partial charge in [-0.25, -0.2) is 0 Å². The highest BCUT2D eigenvalue weighted by atomic mass is 16.4. The van der Waals surface area contributed by atoms with Crippen LogP contribution in [0.4, 0.5) is 5.69 Å². The first kappa shape index (κ1) is 18.0. The molecule has 0 amide bonds. The van der Waals surface area contributed by atoms with Crippen molar-refractivity contribution in [1.29, 1.82) is 0 Å². The molecule has 2 aromatic heterocycles. The summed E-state index contributed by atoms with van der Waals surface area (Å²) in [4.78, 5) is 25.6.